The Labute approximate surface area is 160 Å². The van der Waals surface area contributed by atoms with Crippen molar-refractivity contribution in [2.24, 2.45) is 0 Å². The molecule has 4 aromatic rings. The molecule has 4 rings (SSSR count). The van der Waals surface area contributed by atoms with Crippen molar-refractivity contribution < 1.29 is 4.79 Å². The van der Waals surface area contributed by atoms with Crippen molar-refractivity contribution in [1.82, 2.24) is 19.7 Å². The van der Waals surface area contributed by atoms with Gasteiger partial charge in [-0.2, -0.15) is 5.10 Å². The van der Waals surface area contributed by atoms with Gasteiger partial charge in [0.05, 0.1) is 22.8 Å². The molecular formula is C20H17N5OS. The normalized spacial score (nSPS) is 10.7. The molecule has 0 spiro atoms. The van der Waals surface area contributed by atoms with Gasteiger partial charge in [-0.1, -0.05) is 30.3 Å². The van der Waals surface area contributed by atoms with Crippen molar-refractivity contribution in [3.63, 3.8) is 0 Å². The first-order chi connectivity index (χ1) is 13.3. The fraction of sp³-hybridized carbons (Fsp3) is 0.100. The predicted octanol–water partition coefficient (Wildman–Crippen LogP) is 3.50. The number of aromatic nitrogens is 4. The van der Waals surface area contributed by atoms with E-state index in [9.17, 15) is 4.79 Å². The monoisotopic (exact) mass is 375 g/mol. The topological polar surface area (TPSA) is 72.7 Å². The molecule has 7 heteroatoms. The Morgan fingerprint density at radius 1 is 1.07 bits per heavy atom. The van der Waals surface area contributed by atoms with Crippen molar-refractivity contribution in [1.29, 1.82) is 0 Å². The fourth-order valence-corrected chi connectivity index (χ4v) is 3.54. The first-order valence-corrected chi connectivity index (χ1v) is 9.38. The Morgan fingerprint density at radius 2 is 1.96 bits per heavy atom. The Balaban J connectivity index is 1.42. The fourth-order valence-electron chi connectivity index (χ4n) is 2.71. The molecule has 1 aromatic carbocycles. The van der Waals surface area contributed by atoms with Crippen molar-refractivity contribution >= 4 is 22.9 Å². The molecule has 0 aliphatic carbocycles. The molecule has 3 aromatic heterocycles. The van der Waals surface area contributed by atoms with Crippen LogP contribution in [0, 0.1) is 0 Å². The van der Waals surface area contributed by atoms with Gasteiger partial charge in [-0.05, 0) is 23.8 Å². The lowest BCUT2D eigenvalue weighted by atomic mass is 10.2. The molecule has 0 radical (unpaired) electrons. The van der Waals surface area contributed by atoms with E-state index in [1.54, 1.807) is 40.7 Å². The van der Waals surface area contributed by atoms with Gasteiger partial charge in [-0.15, -0.1) is 11.3 Å². The second-order valence-electron chi connectivity index (χ2n) is 5.95. The second-order valence-corrected chi connectivity index (χ2v) is 6.89. The predicted molar refractivity (Wildman–Crippen MR) is 105 cm³/mol. The third kappa shape index (κ3) is 4.27. The van der Waals surface area contributed by atoms with E-state index in [1.165, 1.54) is 5.56 Å². The minimum atomic E-state index is -0.132. The third-order valence-corrected chi connectivity index (χ3v) is 4.82. The van der Waals surface area contributed by atoms with Crippen LogP contribution in [-0.2, 0) is 17.6 Å². The number of hydrogen-bond acceptors (Lipinski definition) is 5. The lowest BCUT2D eigenvalue weighted by molar-refractivity contribution is -0.115. The van der Waals surface area contributed by atoms with E-state index in [-0.39, 0.29) is 12.3 Å². The molecule has 134 valence electrons. The van der Waals surface area contributed by atoms with Gasteiger partial charge >= 0.3 is 0 Å². The van der Waals surface area contributed by atoms with Crippen molar-refractivity contribution in [2.75, 3.05) is 5.32 Å². The molecule has 6 nitrogen and oxygen atoms in total. The molecular weight excluding hydrogens is 358 g/mol. The number of rotatable bonds is 6. The van der Waals surface area contributed by atoms with Crippen LogP contribution in [0.25, 0.3) is 5.82 Å². The summed E-state index contributed by atoms with van der Waals surface area (Å²) in [5, 5.41) is 10.0. The lowest BCUT2D eigenvalue weighted by Gasteiger charge is -2.09. The van der Waals surface area contributed by atoms with Gasteiger partial charge in [-0.3, -0.25) is 4.79 Å². The quantitative estimate of drug-likeness (QED) is 0.560. The zero-order valence-corrected chi connectivity index (χ0v) is 15.3. The summed E-state index contributed by atoms with van der Waals surface area (Å²) in [7, 11) is 0. The summed E-state index contributed by atoms with van der Waals surface area (Å²) in [6, 6.07) is 15.6. The van der Waals surface area contributed by atoms with E-state index in [0.29, 0.717) is 11.5 Å². The number of hydrogen-bond donors (Lipinski definition) is 1. The highest BCUT2D eigenvalue weighted by atomic mass is 32.1. The van der Waals surface area contributed by atoms with Crippen LogP contribution in [0.2, 0.25) is 0 Å². The molecule has 0 atom stereocenters. The highest BCUT2D eigenvalue weighted by Gasteiger charge is 2.12. The maximum Gasteiger partial charge on any atom is 0.230 e. The highest BCUT2D eigenvalue weighted by molar-refractivity contribution is 7.09. The van der Waals surface area contributed by atoms with Gasteiger partial charge in [0, 0.05) is 30.4 Å². The average molecular weight is 375 g/mol. The number of carbonyl (C=O) groups is 1. The summed E-state index contributed by atoms with van der Waals surface area (Å²) in [4.78, 5) is 21.4. The molecule has 0 aliphatic rings. The number of thiazole rings is 1. The van der Waals surface area contributed by atoms with Crippen LogP contribution in [0.1, 0.15) is 16.3 Å². The van der Waals surface area contributed by atoms with Crippen LogP contribution in [0.15, 0.2) is 72.5 Å². The molecule has 27 heavy (non-hydrogen) atoms. The number of carbonyl (C=O) groups excluding carboxylic acids is 1. The van der Waals surface area contributed by atoms with Gasteiger partial charge < -0.3 is 5.32 Å². The molecule has 1 amide bonds. The number of amides is 1. The first kappa shape index (κ1) is 17.1. The van der Waals surface area contributed by atoms with E-state index < -0.39 is 0 Å². The van der Waals surface area contributed by atoms with Crippen LogP contribution < -0.4 is 5.32 Å². The number of nitrogens with one attached hydrogen (secondary N) is 1. The van der Waals surface area contributed by atoms with E-state index in [2.05, 4.69) is 32.5 Å². The Kier molecular flexibility index (Phi) is 5.02. The number of pyridine rings is 1. The number of nitrogens with zero attached hydrogens (tertiary/aromatic N) is 4. The van der Waals surface area contributed by atoms with Crippen LogP contribution >= 0.6 is 11.3 Å². The SMILES string of the molecule is O=C(Cc1csc(Cc2ccccc2)n1)Nc1cccnc1-n1cccn1. The van der Waals surface area contributed by atoms with E-state index >= 15 is 0 Å². The number of benzene rings is 1. The van der Waals surface area contributed by atoms with Gasteiger partial charge in [0.15, 0.2) is 5.82 Å². The van der Waals surface area contributed by atoms with E-state index in [1.807, 2.05) is 35.7 Å². The Morgan fingerprint density at radius 3 is 2.78 bits per heavy atom. The summed E-state index contributed by atoms with van der Waals surface area (Å²) >= 11 is 1.58. The molecule has 0 aliphatic heterocycles. The van der Waals surface area contributed by atoms with Crippen LogP contribution in [0.5, 0.6) is 0 Å². The average Bonchev–Trinajstić information content (AvgIpc) is 3.35. The number of anilines is 1. The van der Waals surface area contributed by atoms with E-state index in [4.69, 9.17) is 0 Å². The van der Waals surface area contributed by atoms with Gasteiger partial charge in [0.25, 0.3) is 0 Å². The van der Waals surface area contributed by atoms with Crippen LogP contribution in [0.4, 0.5) is 5.69 Å². The van der Waals surface area contributed by atoms with Crippen molar-refractivity contribution in [3.8, 4) is 5.82 Å². The molecule has 0 unspecified atom stereocenters. The minimum absolute atomic E-state index is 0.132. The third-order valence-electron chi connectivity index (χ3n) is 3.92. The van der Waals surface area contributed by atoms with Crippen LogP contribution in [0.3, 0.4) is 0 Å². The maximum absolute atomic E-state index is 12.5. The molecule has 3 heterocycles. The highest BCUT2D eigenvalue weighted by Crippen LogP contribution is 2.18. The smallest absolute Gasteiger partial charge is 0.230 e. The van der Waals surface area contributed by atoms with Gasteiger partial charge in [-0.25, -0.2) is 14.6 Å². The van der Waals surface area contributed by atoms with E-state index in [0.717, 1.165) is 17.1 Å². The summed E-state index contributed by atoms with van der Waals surface area (Å²) in [6.07, 6.45) is 6.12. The largest absolute Gasteiger partial charge is 0.323 e. The van der Waals surface area contributed by atoms with Gasteiger partial charge in [0.2, 0.25) is 5.91 Å². The second kappa shape index (κ2) is 7.92. The standard InChI is InChI=1S/C20H17N5OS/c26-18(24-17-8-4-9-21-20(17)25-11-5-10-22-25)13-16-14-27-19(23-16)12-15-6-2-1-3-7-15/h1-11,14H,12-13H2,(H,24,26). The Bertz CT molecular complexity index is 1030. The molecule has 1 N–H and O–H groups in total. The lowest BCUT2D eigenvalue weighted by Crippen LogP contribution is -2.17. The zero-order valence-electron chi connectivity index (χ0n) is 14.4. The van der Waals surface area contributed by atoms with Crippen LogP contribution in [-0.4, -0.2) is 25.7 Å². The summed E-state index contributed by atoms with van der Waals surface area (Å²) in [5.74, 6) is 0.451. The zero-order chi connectivity index (χ0) is 18.5. The first-order valence-electron chi connectivity index (χ1n) is 8.50. The molecule has 0 fully saturated rings. The summed E-state index contributed by atoms with van der Waals surface area (Å²) in [5.41, 5.74) is 2.60. The Hall–Kier alpha value is -3.32. The molecule has 0 bridgehead atoms. The summed E-state index contributed by atoms with van der Waals surface area (Å²) < 4.78 is 1.62. The minimum Gasteiger partial charge on any atom is -0.323 e. The maximum atomic E-state index is 12.5. The van der Waals surface area contributed by atoms with Gasteiger partial charge in [0.1, 0.15) is 0 Å². The van der Waals surface area contributed by atoms with Crippen molar-refractivity contribution in [3.05, 3.63) is 88.8 Å². The summed E-state index contributed by atoms with van der Waals surface area (Å²) in [6.45, 7) is 0. The molecule has 0 saturated heterocycles. The molecule has 0 saturated carbocycles. The van der Waals surface area contributed by atoms with Crippen molar-refractivity contribution in [2.45, 2.75) is 12.8 Å².